The summed E-state index contributed by atoms with van der Waals surface area (Å²) in [6.45, 7) is 9.54. The Morgan fingerprint density at radius 2 is 1.95 bits per heavy atom. The van der Waals surface area contributed by atoms with E-state index in [0.29, 0.717) is 0 Å². The summed E-state index contributed by atoms with van der Waals surface area (Å²) in [5, 5.41) is 3.59. The molecule has 1 heterocycles. The molecular formula is C17H23NOS. The van der Waals surface area contributed by atoms with Crippen molar-refractivity contribution in [3.63, 3.8) is 0 Å². The summed E-state index contributed by atoms with van der Waals surface area (Å²) in [7, 11) is 1.73. The summed E-state index contributed by atoms with van der Waals surface area (Å²) in [6, 6.07) is 8.87. The number of ether oxygens (including phenoxy) is 1. The minimum atomic E-state index is 0.271. The van der Waals surface area contributed by atoms with Crippen LogP contribution >= 0.6 is 11.3 Å². The lowest BCUT2D eigenvalue weighted by Crippen LogP contribution is -2.18. The van der Waals surface area contributed by atoms with E-state index in [9.17, 15) is 0 Å². The van der Waals surface area contributed by atoms with Gasteiger partial charge in [0.25, 0.3) is 0 Å². The van der Waals surface area contributed by atoms with Crippen molar-refractivity contribution in [2.75, 3.05) is 7.11 Å². The molecule has 1 N–H and O–H groups in total. The van der Waals surface area contributed by atoms with Gasteiger partial charge in [-0.3, -0.25) is 0 Å². The Hall–Kier alpha value is -1.32. The molecular weight excluding hydrogens is 266 g/mol. The Kier molecular flexibility index (Phi) is 4.84. The lowest BCUT2D eigenvalue weighted by molar-refractivity contribution is 0.401. The van der Waals surface area contributed by atoms with Gasteiger partial charge in [0.2, 0.25) is 0 Å². The molecule has 0 fully saturated rings. The van der Waals surface area contributed by atoms with Gasteiger partial charge in [-0.25, -0.2) is 0 Å². The van der Waals surface area contributed by atoms with Crippen molar-refractivity contribution < 1.29 is 4.74 Å². The fourth-order valence-corrected chi connectivity index (χ4v) is 3.30. The monoisotopic (exact) mass is 289 g/mol. The predicted octanol–water partition coefficient (Wildman–Crippen LogP) is 4.53. The van der Waals surface area contributed by atoms with Gasteiger partial charge in [0.1, 0.15) is 5.75 Å². The van der Waals surface area contributed by atoms with Crippen LogP contribution in [0.1, 0.15) is 39.4 Å². The minimum absolute atomic E-state index is 0.271. The normalized spacial score (nSPS) is 12.4. The van der Waals surface area contributed by atoms with Crippen LogP contribution in [0.2, 0.25) is 0 Å². The molecule has 0 radical (unpaired) electrons. The zero-order chi connectivity index (χ0) is 14.7. The van der Waals surface area contributed by atoms with Gasteiger partial charge < -0.3 is 10.1 Å². The first kappa shape index (κ1) is 15.1. The van der Waals surface area contributed by atoms with Crippen LogP contribution in [0.15, 0.2) is 24.3 Å². The molecule has 1 aromatic heterocycles. The average Bonchev–Trinajstić information content (AvgIpc) is 2.75. The zero-order valence-electron chi connectivity index (χ0n) is 12.9. The van der Waals surface area contributed by atoms with Crippen molar-refractivity contribution in [1.29, 1.82) is 0 Å². The summed E-state index contributed by atoms with van der Waals surface area (Å²) >= 11 is 1.87. The highest BCUT2D eigenvalue weighted by Gasteiger charge is 2.12. The number of rotatable bonds is 5. The van der Waals surface area contributed by atoms with Crippen molar-refractivity contribution in [2.45, 2.75) is 40.3 Å². The summed E-state index contributed by atoms with van der Waals surface area (Å²) in [5.74, 6) is 0.953. The quantitative estimate of drug-likeness (QED) is 0.873. The first-order valence-electron chi connectivity index (χ1n) is 6.95. The highest BCUT2D eigenvalue weighted by atomic mass is 32.1. The molecule has 2 nitrogen and oxygen atoms in total. The standard InChI is InChI=1S/C17H23NOS/c1-11-6-7-17(19-5)16(8-11)13(3)18-10-15-9-12(2)14(4)20-15/h6-9,13,18H,10H2,1-5H3. The SMILES string of the molecule is COc1ccc(C)cc1C(C)NCc1cc(C)c(C)s1. The van der Waals surface area contributed by atoms with Crippen LogP contribution in [0.25, 0.3) is 0 Å². The summed E-state index contributed by atoms with van der Waals surface area (Å²) < 4.78 is 5.46. The van der Waals surface area contributed by atoms with Crippen LogP contribution in [0.4, 0.5) is 0 Å². The Morgan fingerprint density at radius 3 is 2.55 bits per heavy atom. The second-order valence-electron chi connectivity index (χ2n) is 5.30. The molecule has 0 amide bonds. The highest BCUT2D eigenvalue weighted by Crippen LogP contribution is 2.27. The lowest BCUT2D eigenvalue weighted by atomic mass is 10.0. The molecule has 0 spiro atoms. The molecule has 3 heteroatoms. The van der Waals surface area contributed by atoms with Gasteiger partial charge in [-0.15, -0.1) is 11.3 Å². The van der Waals surface area contributed by atoms with Crippen LogP contribution in [0.3, 0.4) is 0 Å². The third kappa shape index (κ3) is 3.41. The molecule has 0 aliphatic carbocycles. The fraction of sp³-hybridized carbons (Fsp3) is 0.412. The van der Waals surface area contributed by atoms with Crippen molar-refractivity contribution in [3.05, 3.63) is 50.7 Å². The van der Waals surface area contributed by atoms with E-state index in [1.54, 1.807) is 7.11 Å². The number of hydrogen-bond donors (Lipinski definition) is 1. The third-order valence-electron chi connectivity index (χ3n) is 3.65. The van der Waals surface area contributed by atoms with Gasteiger partial charge in [0.15, 0.2) is 0 Å². The zero-order valence-corrected chi connectivity index (χ0v) is 13.7. The van der Waals surface area contributed by atoms with Gasteiger partial charge in [0, 0.05) is 27.9 Å². The first-order valence-corrected chi connectivity index (χ1v) is 7.76. The largest absolute Gasteiger partial charge is 0.496 e. The number of hydrogen-bond acceptors (Lipinski definition) is 3. The Labute approximate surface area is 125 Å². The first-order chi connectivity index (χ1) is 9.51. The van der Waals surface area contributed by atoms with Crippen LogP contribution in [-0.2, 0) is 6.54 Å². The maximum Gasteiger partial charge on any atom is 0.123 e. The van der Waals surface area contributed by atoms with E-state index in [0.717, 1.165) is 12.3 Å². The van der Waals surface area contributed by atoms with Crippen LogP contribution in [0, 0.1) is 20.8 Å². The number of nitrogens with one attached hydrogen (secondary N) is 1. The van der Waals surface area contributed by atoms with E-state index in [1.807, 2.05) is 17.4 Å². The Bertz CT molecular complexity index is 569. The van der Waals surface area contributed by atoms with E-state index < -0.39 is 0 Å². The predicted molar refractivity (Wildman–Crippen MR) is 86.8 cm³/mol. The highest BCUT2D eigenvalue weighted by molar-refractivity contribution is 7.12. The molecule has 0 aliphatic rings. The number of methoxy groups -OCH3 is 1. The molecule has 1 atom stereocenters. The molecule has 0 saturated heterocycles. The maximum absolute atomic E-state index is 5.46. The molecule has 0 saturated carbocycles. The van der Waals surface area contributed by atoms with E-state index in [4.69, 9.17) is 4.74 Å². The summed E-state index contributed by atoms with van der Waals surface area (Å²) in [6.07, 6.45) is 0. The van der Waals surface area contributed by atoms with Gasteiger partial charge in [-0.2, -0.15) is 0 Å². The van der Waals surface area contributed by atoms with Gasteiger partial charge in [0.05, 0.1) is 7.11 Å². The van der Waals surface area contributed by atoms with E-state index in [2.05, 4.69) is 51.2 Å². The summed E-state index contributed by atoms with van der Waals surface area (Å²) in [4.78, 5) is 2.79. The molecule has 20 heavy (non-hydrogen) atoms. The van der Waals surface area contributed by atoms with Crippen molar-refractivity contribution in [1.82, 2.24) is 5.32 Å². The molecule has 1 aromatic carbocycles. The second-order valence-corrected chi connectivity index (χ2v) is 6.64. The second kappa shape index (κ2) is 6.42. The van der Waals surface area contributed by atoms with Gasteiger partial charge in [-0.05, 0) is 45.4 Å². The van der Waals surface area contributed by atoms with E-state index in [1.165, 1.54) is 26.4 Å². The van der Waals surface area contributed by atoms with Crippen molar-refractivity contribution in [3.8, 4) is 5.75 Å². The molecule has 0 aliphatic heterocycles. The number of aryl methyl sites for hydroxylation is 3. The molecule has 2 aromatic rings. The topological polar surface area (TPSA) is 21.3 Å². The van der Waals surface area contributed by atoms with Crippen LogP contribution in [-0.4, -0.2) is 7.11 Å². The van der Waals surface area contributed by atoms with E-state index in [-0.39, 0.29) is 6.04 Å². The third-order valence-corrected chi connectivity index (χ3v) is 4.80. The summed E-state index contributed by atoms with van der Waals surface area (Å²) in [5.41, 5.74) is 3.86. The van der Waals surface area contributed by atoms with E-state index >= 15 is 0 Å². The smallest absolute Gasteiger partial charge is 0.123 e. The number of benzene rings is 1. The Balaban J connectivity index is 2.08. The molecule has 2 rings (SSSR count). The lowest BCUT2D eigenvalue weighted by Gasteiger charge is -2.17. The molecule has 0 bridgehead atoms. The van der Waals surface area contributed by atoms with Crippen LogP contribution in [0.5, 0.6) is 5.75 Å². The molecule has 1 unspecified atom stereocenters. The maximum atomic E-state index is 5.46. The van der Waals surface area contributed by atoms with Crippen LogP contribution < -0.4 is 10.1 Å². The average molecular weight is 289 g/mol. The van der Waals surface area contributed by atoms with Gasteiger partial charge >= 0.3 is 0 Å². The number of thiophene rings is 1. The fourth-order valence-electron chi connectivity index (χ4n) is 2.29. The van der Waals surface area contributed by atoms with Crippen molar-refractivity contribution in [2.24, 2.45) is 0 Å². The minimum Gasteiger partial charge on any atom is -0.496 e. The Morgan fingerprint density at radius 1 is 1.20 bits per heavy atom. The molecule has 108 valence electrons. The van der Waals surface area contributed by atoms with Gasteiger partial charge in [-0.1, -0.05) is 17.7 Å². The van der Waals surface area contributed by atoms with Crippen molar-refractivity contribution >= 4 is 11.3 Å².